The number of hydrogen-bond donors (Lipinski definition) is 1. The van der Waals surface area contributed by atoms with Crippen molar-refractivity contribution in [3.05, 3.63) is 102 Å². The van der Waals surface area contributed by atoms with Crippen molar-refractivity contribution in [1.29, 1.82) is 0 Å². The van der Waals surface area contributed by atoms with E-state index in [1.54, 1.807) is 23.2 Å². The highest BCUT2D eigenvalue weighted by atomic mass is 16.5. The molecule has 1 aliphatic rings. The minimum Gasteiger partial charge on any atom is -0.361 e. The Balaban J connectivity index is 1.57. The topological polar surface area (TPSA) is 71.5 Å². The summed E-state index contributed by atoms with van der Waals surface area (Å²) in [5, 5.41) is 3.00. The maximum Gasteiger partial charge on any atom is 0.254 e. The number of carbonyl (C=O) groups excluding carboxylic acids is 2. The molecule has 31 heavy (non-hydrogen) atoms. The second-order valence-electron chi connectivity index (χ2n) is 7.60. The van der Waals surface area contributed by atoms with Gasteiger partial charge in [-0.25, -0.2) is 0 Å². The molecular formula is C25H25N3O3. The molecule has 0 spiro atoms. The van der Waals surface area contributed by atoms with Gasteiger partial charge in [0.15, 0.2) is 5.60 Å². The molecule has 3 aromatic rings. The number of nitrogens with zero attached hydrogens (tertiary/aromatic N) is 2. The minimum atomic E-state index is -1.20. The van der Waals surface area contributed by atoms with Gasteiger partial charge in [0.05, 0.1) is 13.2 Å². The van der Waals surface area contributed by atoms with E-state index in [0.717, 1.165) is 11.3 Å². The molecule has 2 amide bonds. The Labute approximate surface area is 181 Å². The number of carbonyl (C=O) groups is 2. The van der Waals surface area contributed by atoms with Crippen LogP contribution in [0.2, 0.25) is 0 Å². The Morgan fingerprint density at radius 2 is 1.68 bits per heavy atom. The lowest BCUT2D eigenvalue weighted by Gasteiger charge is -2.41. The van der Waals surface area contributed by atoms with Crippen LogP contribution in [0, 0.1) is 0 Å². The molecule has 0 bridgehead atoms. The molecule has 1 N–H and O–H groups in total. The summed E-state index contributed by atoms with van der Waals surface area (Å²) in [5.74, 6) is -0.349. The number of pyridine rings is 1. The summed E-state index contributed by atoms with van der Waals surface area (Å²) in [7, 11) is 0. The Hall–Kier alpha value is -3.51. The van der Waals surface area contributed by atoms with Crippen LogP contribution in [0.15, 0.2) is 85.1 Å². The van der Waals surface area contributed by atoms with Gasteiger partial charge in [0, 0.05) is 37.0 Å². The lowest BCUT2D eigenvalue weighted by molar-refractivity contribution is -0.157. The van der Waals surface area contributed by atoms with Gasteiger partial charge < -0.3 is 15.0 Å². The SMILES string of the molecule is O=C(c1ccccc1)N1CCO[C@](Cc2ccccn2)(C(=O)NCc2ccccc2)C1. The van der Waals surface area contributed by atoms with Gasteiger partial charge in [0.2, 0.25) is 0 Å². The number of aromatic nitrogens is 1. The summed E-state index contributed by atoms with van der Waals surface area (Å²) in [6.07, 6.45) is 1.98. The number of benzene rings is 2. The van der Waals surface area contributed by atoms with Crippen LogP contribution in [0.5, 0.6) is 0 Å². The van der Waals surface area contributed by atoms with Gasteiger partial charge in [-0.15, -0.1) is 0 Å². The van der Waals surface area contributed by atoms with Crippen molar-refractivity contribution in [2.24, 2.45) is 0 Å². The zero-order valence-electron chi connectivity index (χ0n) is 17.2. The molecule has 1 aliphatic heterocycles. The van der Waals surface area contributed by atoms with Crippen LogP contribution in [0.3, 0.4) is 0 Å². The number of ether oxygens (including phenoxy) is 1. The quantitative estimate of drug-likeness (QED) is 0.672. The molecule has 4 rings (SSSR count). The second-order valence-corrected chi connectivity index (χ2v) is 7.60. The third-order valence-corrected chi connectivity index (χ3v) is 5.40. The van der Waals surface area contributed by atoms with Gasteiger partial charge in [-0.2, -0.15) is 0 Å². The van der Waals surface area contributed by atoms with Crippen LogP contribution >= 0.6 is 0 Å². The molecule has 0 saturated carbocycles. The lowest BCUT2D eigenvalue weighted by atomic mass is 9.93. The number of rotatable bonds is 6. The molecule has 2 aromatic carbocycles. The first-order chi connectivity index (χ1) is 15.2. The van der Waals surface area contributed by atoms with Crippen LogP contribution in [-0.4, -0.2) is 47.0 Å². The predicted molar refractivity (Wildman–Crippen MR) is 117 cm³/mol. The molecule has 6 heteroatoms. The van der Waals surface area contributed by atoms with Gasteiger partial charge >= 0.3 is 0 Å². The van der Waals surface area contributed by atoms with Crippen LogP contribution in [0.4, 0.5) is 0 Å². The predicted octanol–water partition coefficient (Wildman–Crippen LogP) is 2.85. The Bertz CT molecular complexity index is 1010. The molecule has 6 nitrogen and oxygen atoms in total. The fraction of sp³-hybridized carbons (Fsp3) is 0.240. The zero-order valence-corrected chi connectivity index (χ0v) is 17.2. The van der Waals surface area contributed by atoms with Crippen molar-refractivity contribution in [2.75, 3.05) is 19.7 Å². The van der Waals surface area contributed by atoms with E-state index in [-0.39, 0.29) is 31.4 Å². The van der Waals surface area contributed by atoms with Gasteiger partial charge in [-0.1, -0.05) is 54.6 Å². The molecule has 2 heterocycles. The minimum absolute atomic E-state index is 0.106. The van der Waals surface area contributed by atoms with E-state index >= 15 is 0 Å². The lowest BCUT2D eigenvalue weighted by Crippen LogP contribution is -2.62. The third-order valence-electron chi connectivity index (χ3n) is 5.40. The largest absolute Gasteiger partial charge is 0.361 e. The van der Waals surface area contributed by atoms with E-state index in [4.69, 9.17) is 4.74 Å². The second kappa shape index (κ2) is 9.53. The average Bonchev–Trinajstić information content (AvgIpc) is 2.84. The Morgan fingerprint density at radius 3 is 2.39 bits per heavy atom. The molecule has 1 fully saturated rings. The number of nitrogens with one attached hydrogen (secondary N) is 1. The van der Waals surface area contributed by atoms with E-state index in [1.165, 1.54) is 0 Å². The van der Waals surface area contributed by atoms with Gasteiger partial charge in [0.1, 0.15) is 0 Å². The van der Waals surface area contributed by atoms with E-state index < -0.39 is 5.60 Å². The van der Waals surface area contributed by atoms with Crippen molar-refractivity contribution in [3.8, 4) is 0 Å². The third kappa shape index (κ3) is 4.98. The molecule has 0 unspecified atom stereocenters. The van der Waals surface area contributed by atoms with Gasteiger partial charge in [0.25, 0.3) is 11.8 Å². The molecular weight excluding hydrogens is 390 g/mol. The first-order valence-corrected chi connectivity index (χ1v) is 10.4. The molecule has 0 radical (unpaired) electrons. The first kappa shape index (κ1) is 20.8. The summed E-state index contributed by atoms with van der Waals surface area (Å²) >= 11 is 0. The highest BCUT2D eigenvalue weighted by Crippen LogP contribution is 2.25. The standard InChI is InChI=1S/C25H25N3O3/c29-23(21-11-5-2-6-12-21)28-15-16-31-25(19-28,17-22-13-7-8-14-26-22)24(30)27-18-20-9-3-1-4-10-20/h1-14H,15-19H2,(H,27,30)/t25-/m0/s1. The maximum atomic E-state index is 13.4. The molecule has 1 saturated heterocycles. The average molecular weight is 415 g/mol. The summed E-state index contributed by atoms with van der Waals surface area (Å²) in [4.78, 5) is 32.5. The van der Waals surface area contributed by atoms with Crippen molar-refractivity contribution < 1.29 is 14.3 Å². The molecule has 1 aromatic heterocycles. The van der Waals surface area contributed by atoms with Gasteiger partial charge in [-0.3, -0.25) is 14.6 Å². The van der Waals surface area contributed by atoms with Crippen molar-refractivity contribution in [1.82, 2.24) is 15.2 Å². The highest BCUT2D eigenvalue weighted by Gasteiger charge is 2.45. The van der Waals surface area contributed by atoms with Crippen molar-refractivity contribution in [3.63, 3.8) is 0 Å². The van der Waals surface area contributed by atoms with Gasteiger partial charge in [-0.05, 0) is 29.8 Å². The fourth-order valence-electron chi connectivity index (χ4n) is 3.78. The molecule has 158 valence electrons. The Morgan fingerprint density at radius 1 is 0.968 bits per heavy atom. The van der Waals surface area contributed by atoms with E-state index in [1.807, 2.05) is 66.7 Å². The molecule has 1 atom stereocenters. The fourth-order valence-corrected chi connectivity index (χ4v) is 3.78. The number of hydrogen-bond acceptors (Lipinski definition) is 4. The van der Waals surface area contributed by atoms with Crippen LogP contribution < -0.4 is 5.32 Å². The molecule has 0 aliphatic carbocycles. The monoisotopic (exact) mass is 415 g/mol. The number of morpholine rings is 1. The van der Waals surface area contributed by atoms with E-state index in [0.29, 0.717) is 18.7 Å². The summed E-state index contributed by atoms with van der Waals surface area (Å²) in [6.45, 7) is 1.27. The zero-order chi connectivity index (χ0) is 21.5. The van der Waals surface area contributed by atoms with Crippen LogP contribution in [0.25, 0.3) is 0 Å². The smallest absolute Gasteiger partial charge is 0.254 e. The van der Waals surface area contributed by atoms with Crippen molar-refractivity contribution in [2.45, 2.75) is 18.6 Å². The van der Waals surface area contributed by atoms with Crippen molar-refractivity contribution >= 4 is 11.8 Å². The first-order valence-electron chi connectivity index (χ1n) is 10.4. The summed E-state index contributed by atoms with van der Waals surface area (Å²) in [6, 6.07) is 24.4. The van der Waals surface area contributed by atoms with E-state index in [2.05, 4.69) is 10.3 Å². The summed E-state index contributed by atoms with van der Waals surface area (Å²) < 4.78 is 6.09. The van der Waals surface area contributed by atoms with Crippen LogP contribution in [-0.2, 0) is 22.5 Å². The normalized spacial score (nSPS) is 18.4. The van der Waals surface area contributed by atoms with E-state index in [9.17, 15) is 9.59 Å². The van der Waals surface area contributed by atoms with Crippen LogP contribution in [0.1, 0.15) is 21.6 Å². The highest BCUT2D eigenvalue weighted by molar-refractivity contribution is 5.95. The maximum absolute atomic E-state index is 13.4. The number of amides is 2. The Kier molecular flexibility index (Phi) is 6.38. The summed E-state index contributed by atoms with van der Waals surface area (Å²) in [5.41, 5.74) is 1.13.